The lowest BCUT2D eigenvalue weighted by Crippen LogP contribution is -2.32. The van der Waals surface area contributed by atoms with E-state index in [4.69, 9.17) is 0 Å². The Morgan fingerprint density at radius 1 is 1.18 bits per heavy atom. The molecule has 0 spiro atoms. The van der Waals surface area contributed by atoms with Crippen LogP contribution in [0.15, 0.2) is 54.6 Å². The molecule has 146 valence electrons. The van der Waals surface area contributed by atoms with Crippen LogP contribution >= 0.6 is 0 Å². The summed E-state index contributed by atoms with van der Waals surface area (Å²) in [7, 11) is 0. The van der Waals surface area contributed by atoms with E-state index >= 15 is 0 Å². The Bertz CT molecular complexity index is 893. The number of nitro benzene ring substituents is 1. The van der Waals surface area contributed by atoms with E-state index in [0.717, 1.165) is 12.0 Å². The molecule has 28 heavy (non-hydrogen) atoms. The van der Waals surface area contributed by atoms with E-state index in [9.17, 15) is 19.7 Å². The highest BCUT2D eigenvalue weighted by atomic mass is 16.6. The molecule has 0 fully saturated rings. The number of hydrogen-bond donors (Lipinski definition) is 2. The molecule has 0 heterocycles. The molecular weight excluding hydrogens is 358 g/mol. The lowest BCUT2D eigenvalue weighted by atomic mass is 10.1. The van der Waals surface area contributed by atoms with Crippen molar-refractivity contribution in [1.29, 1.82) is 0 Å². The number of hydrogen-bond acceptors (Lipinski definition) is 4. The van der Waals surface area contributed by atoms with Gasteiger partial charge in [0.2, 0.25) is 5.91 Å². The van der Waals surface area contributed by atoms with Crippen LogP contribution in [-0.4, -0.2) is 22.8 Å². The molecule has 2 aromatic carbocycles. The van der Waals surface area contributed by atoms with Gasteiger partial charge in [-0.3, -0.25) is 19.7 Å². The Labute approximate surface area is 163 Å². The Balaban J connectivity index is 1.97. The smallest absolute Gasteiger partial charge is 0.276 e. The van der Waals surface area contributed by atoms with Gasteiger partial charge in [0.1, 0.15) is 0 Å². The van der Waals surface area contributed by atoms with Crippen LogP contribution < -0.4 is 10.6 Å². The minimum Gasteiger partial charge on any atom is -0.350 e. The number of nitro groups is 1. The number of rotatable bonds is 8. The second-order valence-electron chi connectivity index (χ2n) is 6.35. The third kappa shape index (κ3) is 6.05. The fourth-order valence-electron chi connectivity index (χ4n) is 2.44. The summed E-state index contributed by atoms with van der Waals surface area (Å²) in [4.78, 5) is 34.7. The molecule has 2 rings (SSSR count). The van der Waals surface area contributed by atoms with Gasteiger partial charge in [0.15, 0.2) is 0 Å². The van der Waals surface area contributed by atoms with Crippen molar-refractivity contribution in [2.75, 3.05) is 0 Å². The fourth-order valence-corrected chi connectivity index (χ4v) is 2.44. The highest BCUT2D eigenvalue weighted by Crippen LogP contribution is 2.18. The Hall–Kier alpha value is -3.48. The van der Waals surface area contributed by atoms with Crippen molar-refractivity contribution in [2.24, 2.45) is 0 Å². The van der Waals surface area contributed by atoms with Gasteiger partial charge in [-0.1, -0.05) is 31.2 Å². The van der Waals surface area contributed by atoms with Crippen LogP contribution in [0.3, 0.4) is 0 Å². The van der Waals surface area contributed by atoms with Gasteiger partial charge in [-0.2, -0.15) is 0 Å². The quantitative estimate of drug-likeness (QED) is 0.415. The average Bonchev–Trinajstić information content (AvgIpc) is 2.70. The lowest BCUT2D eigenvalue weighted by Gasteiger charge is -2.12. The van der Waals surface area contributed by atoms with Crippen molar-refractivity contribution >= 4 is 23.6 Å². The minimum absolute atomic E-state index is 0.0634. The van der Waals surface area contributed by atoms with Gasteiger partial charge < -0.3 is 10.6 Å². The Kier molecular flexibility index (Phi) is 7.45. The molecule has 0 aliphatic heterocycles. The van der Waals surface area contributed by atoms with Crippen LogP contribution in [0, 0.1) is 10.1 Å². The van der Waals surface area contributed by atoms with E-state index < -0.39 is 4.92 Å². The second kappa shape index (κ2) is 10.0. The number of carbonyl (C=O) groups is 2. The van der Waals surface area contributed by atoms with Crippen molar-refractivity contribution in [2.45, 2.75) is 32.9 Å². The average molecular weight is 381 g/mol. The number of para-hydroxylation sites is 1. The van der Waals surface area contributed by atoms with Crippen molar-refractivity contribution in [3.8, 4) is 0 Å². The van der Waals surface area contributed by atoms with E-state index in [2.05, 4.69) is 10.6 Å². The molecular formula is C21H23N3O4. The molecule has 2 N–H and O–H groups in total. The number of carbonyl (C=O) groups excluding carboxylic acids is 2. The molecule has 0 saturated heterocycles. The SMILES string of the molecule is CCC(C)NC(=O)c1cccc(CNC(=O)/C=C/c2ccccc2[N+](=O)[O-])c1. The summed E-state index contributed by atoms with van der Waals surface area (Å²) in [5.41, 5.74) is 1.60. The zero-order valence-corrected chi connectivity index (χ0v) is 15.8. The summed E-state index contributed by atoms with van der Waals surface area (Å²) < 4.78 is 0. The molecule has 1 unspecified atom stereocenters. The maximum Gasteiger partial charge on any atom is 0.276 e. The summed E-state index contributed by atoms with van der Waals surface area (Å²) in [6.45, 7) is 4.17. The van der Waals surface area contributed by atoms with Crippen molar-refractivity contribution < 1.29 is 14.5 Å². The van der Waals surface area contributed by atoms with Crippen LogP contribution in [0.1, 0.15) is 41.8 Å². The highest BCUT2D eigenvalue weighted by Gasteiger charge is 2.11. The fraction of sp³-hybridized carbons (Fsp3) is 0.238. The summed E-state index contributed by atoms with van der Waals surface area (Å²) in [6, 6.07) is 13.3. The minimum atomic E-state index is -0.493. The Morgan fingerprint density at radius 3 is 2.64 bits per heavy atom. The van der Waals surface area contributed by atoms with Crippen LogP contribution in [0.2, 0.25) is 0 Å². The number of nitrogens with zero attached hydrogens (tertiary/aromatic N) is 1. The normalized spacial score (nSPS) is 11.8. The van der Waals surface area contributed by atoms with E-state index in [1.165, 1.54) is 18.2 Å². The van der Waals surface area contributed by atoms with Crippen LogP contribution in [-0.2, 0) is 11.3 Å². The predicted molar refractivity (Wildman–Crippen MR) is 108 cm³/mol. The molecule has 0 bridgehead atoms. The first-order valence-corrected chi connectivity index (χ1v) is 8.99. The van der Waals surface area contributed by atoms with E-state index in [0.29, 0.717) is 11.1 Å². The van der Waals surface area contributed by atoms with Gasteiger partial charge >= 0.3 is 0 Å². The maximum absolute atomic E-state index is 12.2. The first kappa shape index (κ1) is 20.8. The van der Waals surface area contributed by atoms with E-state index in [1.54, 1.807) is 36.4 Å². The third-order valence-corrected chi connectivity index (χ3v) is 4.19. The van der Waals surface area contributed by atoms with E-state index in [-0.39, 0.29) is 30.1 Å². The lowest BCUT2D eigenvalue weighted by molar-refractivity contribution is -0.385. The van der Waals surface area contributed by atoms with Crippen molar-refractivity contribution in [3.63, 3.8) is 0 Å². The monoisotopic (exact) mass is 381 g/mol. The van der Waals surface area contributed by atoms with Gasteiger partial charge in [-0.25, -0.2) is 0 Å². The molecule has 0 saturated carbocycles. The molecule has 7 heteroatoms. The Morgan fingerprint density at radius 2 is 1.93 bits per heavy atom. The standard InChI is InChI=1S/C21H23N3O4/c1-3-15(2)23-21(26)18-9-6-7-16(13-18)14-22-20(25)12-11-17-8-4-5-10-19(17)24(27)28/h4-13,15H,3,14H2,1-2H3,(H,22,25)(H,23,26)/b12-11+. The molecule has 2 aromatic rings. The van der Waals surface area contributed by atoms with Crippen molar-refractivity contribution in [3.05, 3.63) is 81.4 Å². The van der Waals surface area contributed by atoms with Crippen LogP contribution in [0.25, 0.3) is 6.08 Å². The summed E-state index contributed by atoms with van der Waals surface area (Å²) in [5.74, 6) is -0.536. The molecule has 0 aliphatic rings. The predicted octanol–water partition coefficient (Wildman–Crippen LogP) is 3.45. The van der Waals surface area contributed by atoms with Crippen LogP contribution in [0.5, 0.6) is 0 Å². The summed E-state index contributed by atoms with van der Waals surface area (Å²) >= 11 is 0. The first-order valence-electron chi connectivity index (χ1n) is 8.99. The zero-order chi connectivity index (χ0) is 20.5. The number of nitrogens with one attached hydrogen (secondary N) is 2. The van der Waals surface area contributed by atoms with Gasteiger partial charge in [-0.05, 0) is 43.2 Å². The zero-order valence-electron chi connectivity index (χ0n) is 15.8. The molecule has 0 radical (unpaired) electrons. The molecule has 1 atom stereocenters. The molecule has 2 amide bonds. The van der Waals surface area contributed by atoms with Crippen LogP contribution in [0.4, 0.5) is 5.69 Å². The third-order valence-electron chi connectivity index (χ3n) is 4.19. The largest absolute Gasteiger partial charge is 0.350 e. The van der Waals surface area contributed by atoms with E-state index in [1.807, 2.05) is 19.9 Å². The topological polar surface area (TPSA) is 101 Å². The second-order valence-corrected chi connectivity index (χ2v) is 6.35. The summed E-state index contributed by atoms with van der Waals surface area (Å²) in [6.07, 6.45) is 3.50. The summed E-state index contributed by atoms with van der Waals surface area (Å²) in [5, 5.41) is 16.6. The number of amides is 2. The molecule has 0 aliphatic carbocycles. The molecule has 0 aromatic heterocycles. The first-order chi connectivity index (χ1) is 13.4. The number of benzene rings is 2. The van der Waals surface area contributed by atoms with Gasteiger partial charge in [0.05, 0.1) is 10.5 Å². The van der Waals surface area contributed by atoms with Gasteiger partial charge in [0, 0.05) is 30.3 Å². The highest BCUT2D eigenvalue weighted by molar-refractivity contribution is 5.94. The van der Waals surface area contributed by atoms with Gasteiger partial charge in [0.25, 0.3) is 11.6 Å². The molecule has 7 nitrogen and oxygen atoms in total. The van der Waals surface area contributed by atoms with Gasteiger partial charge in [-0.15, -0.1) is 0 Å². The maximum atomic E-state index is 12.2. The van der Waals surface area contributed by atoms with Crippen molar-refractivity contribution in [1.82, 2.24) is 10.6 Å².